The van der Waals surface area contributed by atoms with Crippen molar-refractivity contribution < 1.29 is 4.74 Å². The average Bonchev–Trinajstić information content (AvgIpc) is 2.42. The molecule has 0 radical (unpaired) electrons. The highest BCUT2D eigenvalue weighted by molar-refractivity contribution is 6.32. The van der Waals surface area contributed by atoms with E-state index in [1.807, 2.05) is 18.2 Å². The van der Waals surface area contributed by atoms with E-state index in [-0.39, 0.29) is 0 Å². The number of rotatable bonds is 9. The number of ether oxygens (including phenoxy) is 1. The van der Waals surface area contributed by atoms with Crippen molar-refractivity contribution in [1.29, 1.82) is 0 Å². The number of nitrogens with zero attached hydrogens (tertiary/aromatic N) is 1. The summed E-state index contributed by atoms with van der Waals surface area (Å²) in [6, 6.07) is 6.55. The highest BCUT2D eigenvalue weighted by atomic mass is 35.5. The number of methoxy groups -OCH3 is 1. The summed E-state index contributed by atoms with van der Waals surface area (Å²) in [6.07, 6.45) is 2.42. The Morgan fingerprint density at radius 3 is 2.65 bits per heavy atom. The Morgan fingerprint density at radius 1 is 1.30 bits per heavy atom. The van der Waals surface area contributed by atoms with Gasteiger partial charge in [-0.25, -0.2) is 0 Å². The molecule has 4 heteroatoms. The summed E-state index contributed by atoms with van der Waals surface area (Å²) in [4.78, 5) is 2.38. The van der Waals surface area contributed by atoms with Crippen molar-refractivity contribution in [1.82, 2.24) is 10.2 Å². The first-order valence-corrected chi connectivity index (χ1v) is 7.65. The van der Waals surface area contributed by atoms with Crippen molar-refractivity contribution in [2.75, 3.05) is 27.2 Å². The van der Waals surface area contributed by atoms with Crippen molar-refractivity contribution in [3.05, 3.63) is 28.8 Å². The largest absolute Gasteiger partial charge is 0.495 e. The van der Waals surface area contributed by atoms with E-state index in [2.05, 4.69) is 31.1 Å². The number of hydrogen-bond donors (Lipinski definition) is 1. The Balaban J connectivity index is 2.17. The minimum absolute atomic E-state index is 0.629. The SMILES string of the molecule is COc1ccc(CNCCCCN(C)C(C)C)cc1Cl. The number of nitrogens with one attached hydrogen (secondary N) is 1. The molecule has 0 amide bonds. The molecule has 0 unspecified atom stereocenters. The zero-order chi connectivity index (χ0) is 15.0. The minimum atomic E-state index is 0.629. The fourth-order valence-corrected chi connectivity index (χ4v) is 2.20. The van der Waals surface area contributed by atoms with Gasteiger partial charge in [-0.15, -0.1) is 0 Å². The molecule has 0 aliphatic heterocycles. The molecule has 0 saturated heterocycles. The van der Waals surface area contributed by atoms with Crippen LogP contribution in [0.25, 0.3) is 0 Å². The van der Waals surface area contributed by atoms with Crippen LogP contribution in [0.5, 0.6) is 5.75 Å². The Kier molecular flexibility index (Phi) is 7.97. The fourth-order valence-electron chi connectivity index (χ4n) is 1.92. The van der Waals surface area contributed by atoms with Gasteiger partial charge in [-0.2, -0.15) is 0 Å². The van der Waals surface area contributed by atoms with E-state index in [0.717, 1.165) is 25.4 Å². The Hall–Kier alpha value is -0.770. The van der Waals surface area contributed by atoms with Crippen LogP contribution in [0.15, 0.2) is 18.2 Å². The van der Waals surface area contributed by atoms with E-state index in [4.69, 9.17) is 16.3 Å². The van der Waals surface area contributed by atoms with Gasteiger partial charge in [0.15, 0.2) is 0 Å². The molecule has 1 rings (SSSR count). The van der Waals surface area contributed by atoms with Gasteiger partial charge >= 0.3 is 0 Å². The quantitative estimate of drug-likeness (QED) is 0.706. The van der Waals surface area contributed by atoms with E-state index in [1.54, 1.807) is 7.11 Å². The molecule has 20 heavy (non-hydrogen) atoms. The molecule has 0 heterocycles. The predicted molar refractivity (Wildman–Crippen MR) is 86.7 cm³/mol. The van der Waals surface area contributed by atoms with Crippen LogP contribution in [0.4, 0.5) is 0 Å². The molecule has 0 aliphatic rings. The molecule has 1 N–H and O–H groups in total. The highest BCUT2D eigenvalue weighted by Crippen LogP contribution is 2.24. The lowest BCUT2D eigenvalue weighted by Crippen LogP contribution is -2.27. The van der Waals surface area contributed by atoms with Crippen LogP contribution in [0, 0.1) is 0 Å². The molecule has 0 spiro atoms. The van der Waals surface area contributed by atoms with Crippen molar-refractivity contribution in [2.24, 2.45) is 0 Å². The van der Waals surface area contributed by atoms with Crippen molar-refractivity contribution >= 4 is 11.6 Å². The Morgan fingerprint density at radius 2 is 2.05 bits per heavy atom. The van der Waals surface area contributed by atoms with Crippen molar-refractivity contribution in [3.8, 4) is 5.75 Å². The third-order valence-corrected chi connectivity index (χ3v) is 3.84. The van der Waals surface area contributed by atoms with Crippen molar-refractivity contribution in [3.63, 3.8) is 0 Å². The maximum atomic E-state index is 6.10. The van der Waals surface area contributed by atoms with Crippen LogP contribution in [-0.4, -0.2) is 38.2 Å². The lowest BCUT2D eigenvalue weighted by molar-refractivity contribution is 0.268. The smallest absolute Gasteiger partial charge is 0.137 e. The summed E-state index contributed by atoms with van der Waals surface area (Å²) in [7, 11) is 3.81. The van der Waals surface area contributed by atoms with Crippen LogP contribution in [0.3, 0.4) is 0 Å². The van der Waals surface area contributed by atoms with Gasteiger partial charge in [0.05, 0.1) is 12.1 Å². The number of benzene rings is 1. The third-order valence-electron chi connectivity index (χ3n) is 3.54. The van der Waals surface area contributed by atoms with Gasteiger partial charge in [-0.1, -0.05) is 17.7 Å². The predicted octanol–water partition coefficient (Wildman–Crippen LogP) is 3.56. The van der Waals surface area contributed by atoms with Gasteiger partial charge in [0, 0.05) is 12.6 Å². The maximum absolute atomic E-state index is 6.10. The second-order valence-corrected chi connectivity index (χ2v) is 5.83. The summed E-state index contributed by atoms with van der Waals surface area (Å²) in [6.45, 7) is 7.50. The van der Waals surface area contributed by atoms with Gasteiger partial charge in [-0.3, -0.25) is 0 Å². The summed E-state index contributed by atoms with van der Waals surface area (Å²) in [5.41, 5.74) is 1.19. The minimum Gasteiger partial charge on any atom is -0.495 e. The van der Waals surface area contributed by atoms with Crippen LogP contribution in [0.1, 0.15) is 32.3 Å². The van der Waals surface area contributed by atoms with Crippen LogP contribution < -0.4 is 10.1 Å². The lowest BCUT2D eigenvalue weighted by atomic mass is 10.2. The monoisotopic (exact) mass is 298 g/mol. The molecule has 0 aromatic heterocycles. The standard InChI is InChI=1S/C16H27ClN2O/c1-13(2)19(3)10-6-5-9-18-12-14-7-8-16(20-4)15(17)11-14/h7-8,11,13,18H,5-6,9-10,12H2,1-4H3. The molecule has 114 valence electrons. The summed E-state index contributed by atoms with van der Waals surface area (Å²) in [5.74, 6) is 0.729. The maximum Gasteiger partial charge on any atom is 0.137 e. The molecule has 1 aromatic rings. The first-order valence-electron chi connectivity index (χ1n) is 7.28. The third kappa shape index (κ3) is 6.12. The lowest BCUT2D eigenvalue weighted by Gasteiger charge is -2.20. The van der Waals surface area contributed by atoms with E-state index in [9.17, 15) is 0 Å². The molecule has 1 aromatic carbocycles. The zero-order valence-corrected chi connectivity index (χ0v) is 13.8. The molecule has 0 aliphatic carbocycles. The Bertz CT molecular complexity index is 396. The molecule has 0 saturated carbocycles. The van der Waals surface area contributed by atoms with Gasteiger partial charge in [0.25, 0.3) is 0 Å². The van der Waals surface area contributed by atoms with E-state index in [1.165, 1.54) is 18.4 Å². The van der Waals surface area contributed by atoms with Gasteiger partial charge in [0.1, 0.15) is 5.75 Å². The second-order valence-electron chi connectivity index (χ2n) is 5.43. The number of unbranched alkanes of at least 4 members (excludes halogenated alkanes) is 1. The normalized spacial score (nSPS) is 11.3. The second kappa shape index (κ2) is 9.22. The Labute approximate surface area is 128 Å². The summed E-state index contributed by atoms with van der Waals surface area (Å²) < 4.78 is 5.14. The molecule has 3 nitrogen and oxygen atoms in total. The van der Waals surface area contributed by atoms with E-state index in [0.29, 0.717) is 11.1 Å². The molecule has 0 bridgehead atoms. The molecule has 0 atom stereocenters. The van der Waals surface area contributed by atoms with Crippen LogP contribution >= 0.6 is 11.6 Å². The van der Waals surface area contributed by atoms with Gasteiger partial charge in [0.2, 0.25) is 0 Å². The molecule has 0 fully saturated rings. The van der Waals surface area contributed by atoms with E-state index < -0.39 is 0 Å². The van der Waals surface area contributed by atoms with Gasteiger partial charge < -0.3 is 15.0 Å². The van der Waals surface area contributed by atoms with Crippen LogP contribution in [-0.2, 0) is 6.54 Å². The van der Waals surface area contributed by atoms with Crippen molar-refractivity contribution in [2.45, 2.75) is 39.3 Å². The van der Waals surface area contributed by atoms with Gasteiger partial charge in [-0.05, 0) is 64.5 Å². The zero-order valence-electron chi connectivity index (χ0n) is 13.1. The summed E-state index contributed by atoms with van der Waals surface area (Å²) >= 11 is 6.10. The van der Waals surface area contributed by atoms with E-state index >= 15 is 0 Å². The highest BCUT2D eigenvalue weighted by Gasteiger charge is 2.03. The topological polar surface area (TPSA) is 24.5 Å². The summed E-state index contributed by atoms with van der Waals surface area (Å²) in [5, 5.41) is 4.12. The first kappa shape index (κ1) is 17.3. The van der Waals surface area contributed by atoms with Crippen LogP contribution in [0.2, 0.25) is 5.02 Å². The first-order chi connectivity index (χ1) is 9.54. The number of halogens is 1. The molecular weight excluding hydrogens is 272 g/mol. The average molecular weight is 299 g/mol. The fraction of sp³-hybridized carbons (Fsp3) is 0.625. The molecular formula is C16H27ClN2O. The number of hydrogen-bond acceptors (Lipinski definition) is 3.